The maximum Gasteiger partial charge on any atom is 0.195 e. The Morgan fingerprint density at radius 1 is 1.31 bits per heavy atom. The SMILES string of the molecule is Nc1ccc(-c2ccco2)cc1CC(=O)c1nc(N2CCNCC2)cs1. The lowest BCUT2D eigenvalue weighted by molar-refractivity contribution is 0.0993. The number of furan rings is 1. The van der Waals surface area contributed by atoms with Crippen LogP contribution in [0, 0.1) is 0 Å². The van der Waals surface area contributed by atoms with Crippen LogP contribution in [0.5, 0.6) is 0 Å². The van der Waals surface area contributed by atoms with E-state index in [4.69, 9.17) is 10.2 Å². The van der Waals surface area contributed by atoms with E-state index in [9.17, 15) is 4.79 Å². The zero-order valence-electron chi connectivity index (χ0n) is 14.3. The Hall–Kier alpha value is -2.64. The van der Waals surface area contributed by atoms with Crippen LogP contribution in [0.15, 0.2) is 46.4 Å². The number of thiazole rings is 1. The van der Waals surface area contributed by atoms with Crippen molar-refractivity contribution in [2.75, 3.05) is 36.8 Å². The van der Waals surface area contributed by atoms with Crippen molar-refractivity contribution >= 4 is 28.6 Å². The van der Waals surface area contributed by atoms with Crippen LogP contribution in [0.4, 0.5) is 11.5 Å². The molecular formula is C19H20N4O2S. The molecule has 1 fully saturated rings. The van der Waals surface area contributed by atoms with Gasteiger partial charge in [0.25, 0.3) is 0 Å². The molecular weight excluding hydrogens is 348 g/mol. The van der Waals surface area contributed by atoms with Gasteiger partial charge in [0.15, 0.2) is 10.8 Å². The molecule has 1 aliphatic heterocycles. The number of nitrogens with two attached hydrogens (primary N) is 1. The molecule has 2 aromatic heterocycles. The predicted molar refractivity (Wildman–Crippen MR) is 104 cm³/mol. The van der Waals surface area contributed by atoms with Gasteiger partial charge in [0.2, 0.25) is 0 Å². The van der Waals surface area contributed by atoms with E-state index in [1.165, 1.54) is 11.3 Å². The van der Waals surface area contributed by atoms with Crippen LogP contribution in [0.1, 0.15) is 15.4 Å². The number of hydrogen-bond acceptors (Lipinski definition) is 7. The van der Waals surface area contributed by atoms with Crippen molar-refractivity contribution in [3.63, 3.8) is 0 Å². The first-order chi connectivity index (χ1) is 12.7. The van der Waals surface area contributed by atoms with Gasteiger partial charge in [-0.15, -0.1) is 11.3 Å². The number of anilines is 2. The van der Waals surface area contributed by atoms with Gasteiger partial charge in [-0.25, -0.2) is 4.98 Å². The number of Topliss-reactive ketones (excluding diaryl/α,β-unsaturated/α-hetero) is 1. The van der Waals surface area contributed by atoms with Crippen molar-refractivity contribution in [3.05, 3.63) is 52.5 Å². The number of benzene rings is 1. The van der Waals surface area contributed by atoms with Gasteiger partial charge in [-0.05, 0) is 35.9 Å². The Bertz CT molecular complexity index is 898. The Morgan fingerprint density at radius 3 is 2.92 bits per heavy atom. The first-order valence-electron chi connectivity index (χ1n) is 8.57. The van der Waals surface area contributed by atoms with Gasteiger partial charge in [0.05, 0.1) is 6.26 Å². The number of hydrogen-bond donors (Lipinski definition) is 2. The summed E-state index contributed by atoms with van der Waals surface area (Å²) in [7, 11) is 0. The van der Waals surface area contributed by atoms with E-state index >= 15 is 0 Å². The lowest BCUT2D eigenvalue weighted by atomic mass is 10.0. The fraction of sp³-hybridized carbons (Fsp3) is 0.263. The molecule has 0 radical (unpaired) electrons. The summed E-state index contributed by atoms with van der Waals surface area (Å²) in [5, 5.41) is 5.80. The van der Waals surface area contributed by atoms with Crippen molar-refractivity contribution in [2.24, 2.45) is 0 Å². The molecule has 26 heavy (non-hydrogen) atoms. The van der Waals surface area contributed by atoms with Crippen molar-refractivity contribution in [1.82, 2.24) is 10.3 Å². The Kier molecular flexibility index (Phi) is 4.73. The molecule has 7 heteroatoms. The van der Waals surface area contributed by atoms with Gasteiger partial charge >= 0.3 is 0 Å². The van der Waals surface area contributed by atoms with Crippen molar-refractivity contribution in [3.8, 4) is 11.3 Å². The third kappa shape index (κ3) is 3.49. The molecule has 0 atom stereocenters. The molecule has 0 unspecified atom stereocenters. The van der Waals surface area contributed by atoms with E-state index in [0.29, 0.717) is 10.7 Å². The Morgan fingerprint density at radius 2 is 2.15 bits per heavy atom. The fourth-order valence-electron chi connectivity index (χ4n) is 3.04. The second kappa shape index (κ2) is 7.31. The van der Waals surface area contributed by atoms with Crippen LogP contribution >= 0.6 is 11.3 Å². The van der Waals surface area contributed by atoms with Gasteiger partial charge in [-0.1, -0.05) is 0 Å². The van der Waals surface area contributed by atoms with Gasteiger partial charge < -0.3 is 20.4 Å². The molecule has 3 heterocycles. The molecule has 1 saturated heterocycles. The minimum atomic E-state index is -0.0142. The second-order valence-electron chi connectivity index (χ2n) is 6.24. The number of aromatic nitrogens is 1. The smallest absolute Gasteiger partial charge is 0.195 e. The van der Waals surface area contributed by atoms with Crippen molar-refractivity contribution in [1.29, 1.82) is 0 Å². The summed E-state index contributed by atoms with van der Waals surface area (Å²) < 4.78 is 5.43. The molecule has 0 amide bonds. The summed E-state index contributed by atoms with van der Waals surface area (Å²) in [5.41, 5.74) is 8.38. The molecule has 4 rings (SSSR count). The van der Waals surface area contributed by atoms with Gasteiger partial charge in [-0.3, -0.25) is 4.79 Å². The number of rotatable bonds is 5. The number of piperazine rings is 1. The molecule has 1 aliphatic rings. The molecule has 0 spiro atoms. The monoisotopic (exact) mass is 368 g/mol. The third-order valence-corrected chi connectivity index (χ3v) is 5.34. The van der Waals surface area contributed by atoms with Crippen molar-refractivity contribution < 1.29 is 9.21 Å². The number of carbonyl (C=O) groups is 1. The highest BCUT2D eigenvalue weighted by Crippen LogP contribution is 2.26. The quantitative estimate of drug-likeness (QED) is 0.532. The zero-order valence-corrected chi connectivity index (χ0v) is 15.1. The lowest BCUT2D eigenvalue weighted by Gasteiger charge is -2.27. The van der Waals surface area contributed by atoms with Crippen LogP contribution in [-0.2, 0) is 6.42 Å². The molecule has 0 bridgehead atoms. The second-order valence-corrected chi connectivity index (χ2v) is 7.10. The topological polar surface area (TPSA) is 84.4 Å². The molecule has 3 aromatic rings. The highest BCUT2D eigenvalue weighted by molar-refractivity contribution is 7.12. The normalized spacial score (nSPS) is 14.5. The summed E-state index contributed by atoms with van der Waals surface area (Å²) >= 11 is 1.40. The molecule has 1 aromatic carbocycles. The van der Waals surface area contributed by atoms with Gasteiger partial charge in [0, 0.05) is 49.2 Å². The highest BCUT2D eigenvalue weighted by atomic mass is 32.1. The predicted octanol–water partition coefficient (Wildman–Crippen LogP) is 2.82. The minimum absolute atomic E-state index is 0.0142. The number of carbonyl (C=O) groups excluding carboxylic acids is 1. The fourth-order valence-corrected chi connectivity index (χ4v) is 3.80. The maximum atomic E-state index is 12.7. The molecule has 0 aliphatic carbocycles. The highest BCUT2D eigenvalue weighted by Gasteiger charge is 2.18. The van der Waals surface area contributed by atoms with E-state index in [1.807, 2.05) is 35.7 Å². The van der Waals surface area contributed by atoms with Crippen LogP contribution in [0.2, 0.25) is 0 Å². The summed E-state index contributed by atoms with van der Waals surface area (Å²) in [4.78, 5) is 19.4. The number of ketones is 1. The summed E-state index contributed by atoms with van der Waals surface area (Å²) in [6, 6.07) is 9.35. The Labute approximate surface area is 155 Å². The Balaban J connectivity index is 1.51. The minimum Gasteiger partial charge on any atom is -0.464 e. The first kappa shape index (κ1) is 16.8. The van der Waals surface area contributed by atoms with E-state index in [2.05, 4.69) is 15.2 Å². The number of nitrogen functional groups attached to an aromatic ring is 1. The summed E-state index contributed by atoms with van der Waals surface area (Å²) in [6.45, 7) is 3.71. The van der Waals surface area contributed by atoms with Crippen molar-refractivity contribution in [2.45, 2.75) is 6.42 Å². The van der Waals surface area contributed by atoms with Gasteiger partial charge in [-0.2, -0.15) is 0 Å². The molecule has 0 saturated carbocycles. The number of nitrogens with zero attached hydrogens (tertiary/aromatic N) is 2. The van der Waals surface area contributed by atoms with E-state index in [-0.39, 0.29) is 12.2 Å². The van der Waals surface area contributed by atoms with Crippen LogP contribution in [0.25, 0.3) is 11.3 Å². The van der Waals surface area contributed by atoms with Gasteiger partial charge in [0.1, 0.15) is 11.6 Å². The zero-order chi connectivity index (χ0) is 17.9. The van der Waals surface area contributed by atoms with E-state index in [0.717, 1.165) is 48.9 Å². The van der Waals surface area contributed by atoms with E-state index < -0.39 is 0 Å². The number of nitrogens with one attached hydrogen (secondary N) is 1. The lowest BCUT2D eigenvalue weighted by Crippen LogP contribution is -2.43. The molecule has 134 valence electrons. The molecule has 3 N–H and O–H groups in total. The molecule has 6 nitrogen and oxygen atoms in total. The average molecular weight is 368 g/mol. The standard InChI is InChI=1S/C19H20N4O2S/c20-15-4-3-13(17-2-1-9-25-17)10-14(15)11-16(24)19-22-18(12-26-19)23-7-5-21-6-8-23/h1-4,9-10,12,21H,5-8,11,20H2. The largest absolute Gasteiger partial charge is 0.464 e. The first-order valence-corrected chi connectivity index (χ1v) is 9.45. The van der Waals surface area contributed by atoms with Crippen LogP contribution < -0.4 is 16.0 Å². The summed E-state index contributed by atoms with van der Waals surface area (Å²) in [5.74, 6) is 1.63. The third-order valence-electron chi connectivity index (χ3n) is 4.47. The average Bonchev–Trinajstić information content (AvgIpc) is 3.36. The van der Waals surface area contributed by atoms with E-state index in [1.54, 1.807) is 6.26 Å². The maximum absolute atomic E-state index is 12.7. The van der Waals surface area contributed by atoms with Crippen LogP contribution in [0.3, 0.4) is 0 Å². The summed E-state index contributed by atoms with van der Waals surface area (Å²) in [6.07, 6.45) is 1.86. The van der Waals surface area contributed by atoms with Crippen LogP contribution in [-0.4, -0.2) is 36.9 Å².